The van der Waals surface area contributed by atoms with Crippen LogP contribution in [0.5, 0.6) is 0 Å². The van der Waals surface area contributed by atoms with E-state index in [1.807, 2.05) is 13.8 Å². The van der Waals surface area contributed by atoms with Crippen LogP contribution in [0.25, 0.3) is 0 Å². The molecule has 0 aromatic heterocycles. The molecule has 0 heterocycles. The summed E-state index contributed by atoms with van der Waals surface area (Å²) in [7, 11) is -1.73. The van der Waals surface area contributed by atoms with E-state index >= 15 is 0 Å². The first kappa shape index (κ1) is 16.8. The fraction of sp³-hybridized carbons (Fsp3) is 0.917. The van der Waals surface area contributed by atoms with E-state index in [-0.39, 0.29) is 12.4 Å². The standard InChI is InChI=1S/C12H25O4P/c1-6-7-8-9-12(2,3)11(13)10-16-17(5,14)15-4/h6-10H2,1-5H3. The van der Waals surface area contributed by atoms with E-state index in [1.54, 1.807) is 0 Å². The second-order valence-electron chi connectivity index (χ2n) is 4.99. The van der Waals surface area contributed by atoms with E-state index in [2.05, 4.69) is 11.4 Å². The molecule has 0 aliphatic rings. The van der Waals surface area contributed by atoms with Crippen molar-refractivity contribution < 1.29 is 18.4 Å². The predicted molar refractivity (Wildman–Crippen MR) is 69.4 cm³/mol. The molecule has 1 atom stereocenters. The Kier molecular flexibility index (Phi) is 7.22. The third-order valence-electron chi connectivity index (χ3n) is 2.92. The molecule has 5 heteroatoms. The summed E-state index contributed by atoms with van der Waals surface area (Å²) in [4.78, 5) is 11.9. The maximum Gasteiger partial charge on any atom is 0.327 e. The smallest absolute Gasteiger partial charge is 0.312 e. The first-order chi connectivity index (χ1) is 7.75. The van der Waals surface area contributed by atoms with Crippen LogP contribution >= 0.6 is 7.60 Å². The minimum atomic E-state index is -3.05. The summed E-state index contributed by atoms with van der Waals surface area (Å²) in [5.74, 6) is -0.0206. The Hall–Kier alpha value is -0.180. The van der Waals surface area contributed by atoms with Gasteiger partial charge >= 0.3 is 7.60 Å². The minimum Gasteiger partial charge on any atom is -0.312 e. The number of carbonyl (C=O) groups is 1. The monoisotopic (exact) mass is 264 g/mol. The van der Waals surface area contributed by atoms with Crippen molar-refractivity contribution in [3.05, 3.63) is 0 Å². The maximum absolute atomic E-state index is 11.9. The highest BCUT2D eigenvalue weighted by Gasteiger charge is 2.28. The molecule has 0 rings (SSSR count). The number of ketones is 1. The maximum atomic E-state index is 11.9. The molecule has 0 aromatic rings. The Balaban J connectivity index is 4.15. The van der Waals surface area contributed by atoms with Gasteiger partial charge in [0.05, 0.1) is 0 Å². The molecule has 4 nitrogen and oxygen atoms in total. The first-order valence-electron chi connectivity index (χ1n) is 6.06. The lowest BCUT2D eigenvalue weighted by atomic mass is 9.83. The SMILES string of the molecule is CCCCCC(C)(C)C(=O)COP(C)(=O)OC. The number of Topliss-reactive ketones (excluding diaryl/α,β-unsaturated/α-hetero) is 1. The van der Waals surface area contributed by atoms with Gasteiger partial charge in [0.25, 0.3) is 0 Å². The zero-order valence-corrected chi connectivity index (χ0v) is 12.5. The lowest BCUT2D eigenvalue weighted by molar-refractivity contribution is -0.129. The highest BCUT2D eigenvalue weighted by molar-refractivity contribution is 7.52. The van der Waals surface area contributed by atoms with Crippen LogP contribution in [0.2, 0.25) is 0 Å². The molecule has 102 valence electrons. The lowest BCUT2D eigenvalue weighted by Gasteiger charge is -2.23. The Morgan fingerprint density at radius 2 is 1.88 bits per heavy atom. The van der Waals surface area contributed by atoms with E-state index in [4.69, 9.17) is 4.52 Å². The number of unbranched alkanes of at least 4 members (excludes halogenated alkanes) is 2. The number of rotatable bonds is 9. The van der Waals surface area contributed by atoms with E-state index < -0.39 is 13.0 Å². The van der Waals surface area contributed by atoms with Crippen molar-refractivity contribution in [3.63, 3.8) is 0 Å². The number of carbonyl (C=O) groups excluding carboxylic acids is 1. The van der Waals surface area contributed by atoms with Gasteiger partial charge in [-0.25, -0.2) is 0 Å². The van der Waals surface area contributed by atoms with E-state index in [0.29, 0.717) is 0 Å². The van der Waals surface area contributed by atoms with Gasteiger partial charge in [-0.3, -0.25) is 9.36 Å². The van der Waals surface area contributed by atoms with Gasteiger partial charge in [0.15, 0.2) is 5.78 Å². The summed E-state index contributed by atoms with van der Waals surface area (Å²) in [5.41, 5.74) is -0.414. The van der Waals surface area contributed by atoms with Crippen molar-refractivity contribution in [2.75, 3.05) is 20.4 Å². The summed E-state index contributed by atoms with van der Waals surface area (Å²) in [6, 6.07) is 0. The molecule has 1 unspecified atom stereocenters. The molecule has 0 saturated heterocycles. The second kappa shape index (κ2) is 7.30. The zero-order chi connectivity index (χ0) is 13.5. The van der Waals surface area contributed by atoms with Gasteiger partial charge < -0.3 is 9.05 Å². The van der Waals surface area contributed by atoms with E-state index in [1.165, 1.54) is 13.8 Å². The normalized spacial score (nSPS) is 15.6. The average molecular weight is 264 g/mol. The van der Waals surface area contributed by atoms with Crippen molar-refractivity contribution in [1.29, 1.82) is 0 Å². The summed E-state index contributed by atoms with van der Waals surface area (Å²) in [6.45, 7) is 7.17. The van der Waals surface area contributed by atoms with Crippen LogP contribution in [0.4, 0.5) is 0 Å². The Bertz CT molecular complexity index is 286. The van der Waals surface area contributed by atoms with E-state index in [9.17, 15) is 9.36 Å². The molecule has 0 saturated carbocycles. The molecule has 0 aliphatic heterocycles. The fourth-order valence-corrected chi connectivity index (χ4v) is 1.84. The zero-order valence-electron chi connectivity index (χ0n) is 11.6. The van der Waals surface area contributed by atoms with Gasteiger partial charge in [0.2, 0.25) is 0 Å². The molecule has 0 radical (unpaired) electrons. The van der Waals surface area contributed by atoms with Crippen LogP contribution in [-0.2, 0) is 18.4 Å². The highest BCUT2D eigenvalue weighted by atomic mass is 31.2. The van der Waals surface area contributed by atoms with Crippen molar-refractivity contribution >= 4 is 13.4 Å². The molecule has 0 aliphatic carbocycles. The van der Waals surface area contributed by atoms with Crippen LogP contribution in [-0.4, -0.2) is 26.2 Å². The summed E-state index contributed by atoms with van der Waals surface area (Å²) in [6.07, 6.45) is 4.13. The molecular weight excluding hydrogens is 239 g/mol. The van der Waals surface area contributed by atoms with Crippen LogP contribution in [0.15, 0.2) is 0 Å². The molecule has 0 spiro atoms. The van der Waals surface area contributed by atoms with Crippen LogP contribution in [0, 0.1) is 5.41 Å². The minimum absolute atomic E-state index is 0.0206. The van der Waals surface area contributed by atoms with Crippen molar-refractivity contribution in [1.82, 2.24) is 0 Å². The van der Waals surface area contributed by atoms with Crippen LogP contribution in [0.1, 0.15) is 46.5 Å². The largest absolute Gasteiger partial charge is 0.327 e. The quantitative estimate of drug-likeness (QED) is 0.471. The third-order valence-corrected chi connectivity index (χ3v) is 4.18. The highest BCUT2D eigenvalue weighted by Crippen LogP contribution is 2.43. The Labute approximate surface area is 105 Å². The van der Waals surface area contributed by atoms with Gasteiger partial charge in [0, 0.05) is 19.2 Å². The molecule has 17 heavy (non-hydrogen) atoms. The van der Waals surface area contributed by atoms with Crippen LogP contribution < -0.4 is 0 Å². The fourth-order valence-electron chi connectivity index (χ4n) is 1.38. The Morgan fingerprint density at radius 1 is 1.29 bits per heavy atom. The van der Waals surface area contributed by atoms with Gasteiger partial charge in [-0.1, -0.05) is 40.0 Å². The Morgan fingerprint density at radius 3 is 2.35 bits per heavy atom. The molecule has 0 amide bonds. The number of hydrogen-bond acceptors (Lipinski definition) is 4. The van der Waals surface area contributed by atoms with Crippen molar-refractivity contribution in [3.8, 4) is 0 Å². The van der Waals surface area contributed by atoms with E-state index in [0.717, 1.165) is 25.7 Å². The summed E-state index contributed by atoms with van der Waals surface area (Å²) >= 11 is 0. The molecule has 0 N–H and O–H groups in total. The molecular formula is C12H25O4P. The van der Waals surface area contributed by atoms with Gasteiger partial charge in [-0.05, 0) is 6.42 Å². The van der Waals surface area contributed by atoms with Crippen molar-refractivity contribution in [2.24, 2.45) is 5.41 Å². The molecule has 0 aromatic carbocycles. The predicted octanol–water partition coefficient (Wildman–Crippen LogP) is 3.65. The number of hydrogen-bond donors (Lipinski definition) is 0. The lowest BCUT2D eigenvalue weighted by Crippen LogP contribution is -2.28. The first-order valence-corrected chi connectivity index (χ1v) is 8.05. The topological polar surface area (TPSA) is 52.6 Å². The van der Waals surface area contributed by atoms with Crippen molar-refractivity contribution in [2.45, 2.75) is 46.5 Å². The van der Waals surface area contributed by atoms with Gasteiger partial charge in [-0.2, -0.15) is 0 Å². The molecule has 0 fully saturated rings. The second-order valence-corrected chi connectivity index (χ2v) is 7.16. The average Bonchev–Trinajstić information content (AvgIpc) is 2.26. The third kappa shape index (κ3) is 6.97. The van der Waals surface area contributed by atoms with Crippen LogP contribution in [0.3, 0.4) is 0 Å². The van der Waals surface area contributed by atoms with Gasteiger partial charge in [-0.15, -0.1) is 0 Å². The van der Waals surface area contributed by atoms with Gasteiger partial charge in [0.1, 0.15) is 6.61 Å². The summed E-state index contributed by atoms with van der Waals surface area (Å²) in [5, 5.41) is 0. The summed E-state index contributed by atoms with van der Waals surface area (Å²) < 4.78 is 21.2. The molecule has 0 bridgehead atoms.